The fourth-order valence-electron chi connectivity index (χ4n) is 0.952. The molecule has 0 atom stereocenters. The molecule has 0 bridgehead atoms. The molecule has 0 saturated heterocycles. The molecule has 1 amide bonds. The summed E-state index contributed by atoms with van der Waals surface area (Å²) in [6, 6.07) is 5.07. The lowest BCUT2D eigenvalue weighted by Crippen LogP contribution is -2.15. The Labute approximate surface area is 93.4 Å². The molecule has 0 aliphatic carbocycles. The van der Waals surface area contributed by atoms with Gasteiger partial charge in [-0.25, -0.2) is 0 Å². The molecule has 0 spiro atoms. The molecular weight excluding hydrogens is 210 g/mol. The van der Waals surface area contributed by atoms with Crippen molar-refractivity contribution in [3.05, 3.63) is 30.3 Å². The molecule has 0 radical (unpaired) electrons. The molecule has 1 N–H and O–H groups in total. The largest absolute Gasteiger partial charge is 0.507 e. The Morgan fingerprint density at radius 2 is 2.20 bits per heavy atom. The Balaban J connectivity index is 2.84. The molecule has 3 nitrogen and oxygen atoms in total. The molecule has 15 heavy (non-hydrogen) atoms. The van der Waals surface area contributed by atoms with Crippen molar-refractivity contribution in [2.24, 2.45) is 0 Å². The van der Waals surface area contributed by atoms with Crippen LogP contribution < -0.4 is 0 Å². The van der Waals surface area contributed by atoms with Crippen molar-refractivity contribution in [3.63, 3.8) is 0 Å². The maximum atomic E-state index is 11.4. The van der Waals surface area contributed by atoms with Gasteiger partial charge in [0.15, 0.2) is 0 Å². The number of amides is 1. The Hall–Kier alpha value is -1.42. The van der Waals surface area contributed by atoms with Crippen LogP contribution in [0.25, 0.3) is 6.08 Å². The van der Waals surface area contributed by atoms with Crippen LogP contribution in [0.3, 0.4) is 0 Å². The Morgan fingerprint density at radius 3 is 2.67 bits per heavy atom. The van der Waals surface area contributed by atoms with E-state index in [0.29, 0.717) is 5.56 Å². The van der Waals surface area contributed by atoms with Gasteiger partial charge in [0, 0.05) is 24.6 Å². The molecule has 1 aromatic carbocycles. The molecule has 80 valence electrons. The smallest absolute Gasteiger partial charge is 0.285 e. The van der Waals surface area contributed by atoms with E-state index >= 15 is 0 Å². The lowest BCUT2D eigenvalue weighted by molar-refractivity contribution is 0.241. The van der Waals surface area contributed by atoms with Crippen LogP contribution in [-0.2, 0) is 0 Å². The third-order valence-electron chi connectivity index (χ3n) is 1.79. The summed E-state index contributed by atoms with van der Waals surface area (Å²) in [4.78, 5) is 13.6. The van der Waals surface area contributed by atoms with Crippen molar-refractivity contribution >= 4 is 23.1 Å². The zero-order chi connectivity index (χ0) is 11.4. The summed E-state index contributed by atoms with van der Waals surface area (Å²) in [5, 5.41) is 9.46. The molecule has 0 aliphatic rings. The van der Waals surface area contributed by atoms with Crippen LogP contribution in [0.15, 0.2) is 29.7 Å². The van der Waals surface area contributed by atoms with Gasteiger partial charge in [-0.3, -0.25) is 4.79 Å². The van der Waals surface area contributed by atoms with Gasteiger partial charge in [-0.15, -0.1) is 0 Å². The minimum absolute atomic E-state index is 0.0687. The lowest BCUT2D eigenvalue weighted by atomic mass is 10.2. The number of carbonyl (C=O) groups is 1. The predicted octanol–water partition coefficient (Wildman–Crippen LogP) is 2.81. The highest BCUT2D eigenvalue weighted by atomic mass is 32.2. The fraction of sp³-hybridized carbons (Fsp3) is 0.182. The zero-order valence-corrected chi connectivity index (χ0v) is 9.54. The molecule has 4 heteroatoms. The summed E-state index contributed by atoms with van der Waals surface area (Å²) in [5.41, 5.74) is 0.664. The van der Waals surface area contributed by atoms with E-state index in [9.17, 15) is 9.90 Å². The number of aromatic hydroxyl groups is 1. The van der Waals surface area contributed by atoms with E-state index in [1.807, 2.05) is 0 Å². The van der Waals surface area contributed by atoms with Crippen LogP contribution in [0.4, 0.5) is 4.79 Å². The summed E-state index contributed by atoms with van der Waals surface area (Å²) >= 11 is 1.08. The third-order valence-corrected chi connectivity index (χ3v) is 2.82. The second-order valence-electron chi connectivity index (χ2n) is 3.19. The number of phenols is 1. The maximum absolute atomic E-state index is 11.4. The van der Waals surface area contributed by atoms with Crippen molar-refractivity contribution in [1.29, 1.82) is 0 Å². The second kappa shape index (κ2) is 4.89. The van der Waals surface area contributed by atoms with E-state index in [0.717, 1.165) is 16.7 Å². The van der Waals surface area contributed by atoms with Gasteiger partial charge in [0.1, 0.15) is 5.75 Å². The van der Waals surface area contributed by atoms with Crippen LogP contribution in [0, 0.1) is 0 Å². The standard InChI is InChI=1S/C11H13NO2S/c1-4-8-5-6-9(7-10(8)13)15-11(14)12(2)3/h4-7,13H,1H2,2-3H3. The van der Waals surface area contributed by atoms with E-state index in [1.165, 1.54) is 4.90 Å². The van der Waals surface area contributed by atoms with Crippen molar-refractivity contribution in [2.75, 3.05) is 14.1 Å². The van der Waals surface area contributed by atoms with Gasteiger partial charge < -0.3 is 10.0 Å². The van der Waals surface area contributed by atoms with Crippen molar-refractivity contribution < 1.29 is 9.90 Å². The first-order valence-corrected chi connectivity index (χ1v) is 5.21. The topological polar surface area (TPSA) is 40.5 Å². The monoisotopic (exact) mass is 223 g/mol. The molecule has 1 aromatic rings. The highest BCUT2D eigenvalue weighted by Gasteiger charge is 2.07. The normalized spacial score (nSPS) is 9.73. The molecule has 0 heterocycles. The first-order chi connectivity index (χ1) is 7.04. The number of hydrogen-bond acceptors (Lipinski definition) is 3. The van der Waals surface area contributed by atoms with Crippen LogP contribution in [0.1, 0.15) is 5.56 Å². The SMILES string of the molecule is C=Cc1ccc(SC(=O)N(C)C)cc1O. The predicted molar refractivity (Wildman–Crippen MR) is 63.1 cm³/mol. The average Bonchev–Trinajstić information content (AvgIpc) is 2.18. The van der Waals surface area contributed by atoms with Crippen LogP contribution in [0.5, 0.6) is 5.75 Å². The Bertz CT molecular complexity index is 388. The average molecular weight is 223 g/mol. The van der Waals surface area contributed by atoms with Gasteiger partial charge in [0.2, 0.25) is 0 Å². The van der Waals surface area contributed by atoms with E-state index in [-0.39, 0.29) is 11.0 Å². The molecular formula is C11H13NO2S. The third kappa shape index (κ3) is 3.02. The Kier molecular flexibility index (Phi) is 3.80. The van der Waals surface area contributed by atoms with E-state index < -0.39 is 0 Å². The van der Waals surface area contributed by atoms with Crippen molar-refractivity contribution in [2.45, 2.75) is 4.90 Å². The number of hydrogen-bond donors (Lipinski definition) is 1. The number of benzene rings is 1. The minimum atomic E-state index is -0.0687. The molecule has 0 unspecified atom stereocenters. The summed E-state index contributed by atoms with van der Waals surface area (Å²) in [5.74, 6) is 0.140. The van der Waals surface area contributed by atoms with Gasteiger partial charge >= 0.3 is 0 Å². The molecule has 0 aromatic heterocycles. The van der Waals surface area contributed by atoms with Gasteiger partial charge in [-0.1, -0.05) is 18.7 Å². The summed E-state index contributed by atoms with van der Waals surface area (Å²) in [6.45, 7) is 3.57. The highest BCUT2D eigenvalue weighted by molar-refractivity contribution is 8.13. The van der Waals surface area contributed by atoms with E-state index in [1.54, 1.807) is 38.4 Å². The summed E-state index contributed by atoms with van der Waals surface area (Å²) in [6.07, 6.45) is 1.57. The maximum Gasteiger partial charge on any atom is 0.285 e. The fourth-order valence-corrected chi connectivity index (χ4v) is 1.64. The number of nitrogens with zero attached hydrogens (tertiary/aromatic N) is 1. The number of rotatable bonds is 2. The van der Waals surface area contributed by atoms with Crippen LogP contribution >= 0.6 is 11.8 Å². The van der Waals surface area contributed by atoms with E-state index in [2.05, 4.69) is 6.58 Å². The second-order valence-corrected chi connectivity index (χ2v) is 4.21. The summed E-state index contributed by atoms with van der Waals surface area (Å²) < 4.78 is 0. The van der Waals surface area contributed by atoms with Crippen molar-refractivity contribution in [3.8, 4) is 5.75 Å². The Morgan fingerprint density at radius 1 is 1.53 bits per heavy atom. The number of phenolic OH excluding ortho intramolecular Hbond substituents is 1. The van der Waals surface area contributed by atoms with Gasteiger partial charge in [0.05, 0.1) is 0 Å². The highest BCUT2D eigenvalue weighted by Crippen LogP contribution is 2.27. The first-order valence-electron chi connectivity index (χ1n) is 4.39. The summed E-state index contributed by atoms with van der Waals surface area (Å²) in [7, 11) is 3.38. The van der Waals surface area contributed by atoms with Gasteiger partial charge in [-0.2, -0.15) is 0 Å². The number of thioether (sulfide) groups is 1. The molecule has 0 saturated carbocycles. The lowest BCUT2D eigenvalue weighted by Gasteiger charge is -2.09. The quantitative estimate of drug-likeness (QED) is 0.784. The minimum Gasteiger partial charge on any atom is -0.507 e. The zero-order valence-electron chi connectivity index (χ0n) is 8.73. The van der Waals surface area contributed by atoms with Crippen LogP contribution in [0.2, 0.25) is 0 Å². The van der Waals surface area contributed by atoms with Gasteiger partial charge in [-0.05, 0) is 23.9 Å². The molecule has 0 aliphatic heterocycles. The van der Waals surface area contributed by atoms with Gasteiger partial charge in [0.25, 0.3) is 5.24 Å². The van der Waals surface area contributed by atoms with E-state index in [4.69, 9.17) is 0 Å². The van der Waals surface area contributed by atoms with Crippen molar-refractivity contribution in [1.82, 2.24) is 4.90 Å². The molecule has 1 rings (SSSR count). The number of carbonyl (C=O) groups excluding carboxylic acids is 1. The van der Waals surface area contributed by atoms with Crippen LogP contribution in [-0.4, -0.2) is 29.3 Å². The first kappa shape index (κ1) is 11.7. The molecule has 0 fully saturated rings.